The summed E-state index contributed by atoms with van der Waals surface area (Å²) in [4.78, 5) is 0. The van der Waals surface area contributed by atoms with E-state index in [0.29, 0.717) is 0 Å². The van der Waals surface area contributed by atoms with E-state index in [1.165, 1.54) is 164 Å². The maximum atomic E-state index is 6.98. The maximum Gasteiger partial charge on any atom is 0.143 e. The third-order valence-corrected chi connectivity index (χ3v) is 21.3. The molecular weight excluding hydrogens is 1160 g/mol. The molecule has 2 aliphatic rings. The largest absolute Gasteiger partial charge is 0.455 e. The maximum absolute atomic E-state index is 6.98. The highest BCUT2D eigenvalue weighted by molar-refractivity contribution is 6.26. The van der Waals surface area contributed by atoms with E-state index in [0.717, 1.165) is 33.8 Å². The monoisotopic (exact) mass is 1220 g/mol. The molecule has 0 radical (unpaired) electrons. The predicted octanol–water partition coefficient (Wildman–Crippen LogP) is 26.4. The topological polar surface area (TPSA) is 26.3 Å². The van der Waals surface area contributed by atoms with Gasteiger partial charge in [-0.05, 0) is 132 Å². The molecule has 0 aliphatic heterocycles. The van der Waals surface area contributed by atoms with E-state index in [9.17, 15) is 0 Å². The van der Waals surface area contributed by atoms with Crippen molar-refractivity contribution in [2.75, 3.05) is 0 Å². The minimum Gasteiger partial charge on any atom is -0.455 e. The van der Waals surface area contributed by atoms with Gasteiger partial charge in [-0.25, -0.2) is 0 Å². The predicted molar refractivity (Wildman–Crippen MR) is 405 cm³/mol. The Morgan fingerprint density at radius 2 is 0.510 bits per heavy atom. The van der Waals surface area contributed by atoms with Crippen LogP contribution >= 0.6 is 0 Å². The highest BCUT2D eigenvalue weighted by Crippen LogP contribution is 2.58. The molecule has 2 heterocycles. The molecule has 0 bridgehead atoms. The molecule has 0 spiro atoms. The lowest BCUT2D eigenvalue weighted by molar-refractivity contribution is 0.619. The molecule has 2 nitrogen and oxygen atoms in total. The SMILES string of the molecule is CC1(C)c2ccccc2-c2oc3c(-c4c5ccccc5c(-c5ccc(-c6ccc7ccccc7c6)cc5)c5ccccc45)cccc3c21.CC1(C)c2ccccc2-c2oc3c(-c4c5ccccc5c(-c5ccccc5-c5ccc6ccccc6c5)c5ccccc45)cccc3c21. The number of rotatable bonds is 6. The number of para-hydroxylation sites is 2. The van der Waals surface area contributed by atoms with E-state index in [1.54, 1.807) is 0 Å². The zero-order chi connectivity index (χ0) is 64.0. The number of fused-ring (bicyclic) bond motifs is 16. The number of furan rings is 2. The Morgan fingerprint density at radius 1 is 0.208 bits per heavy atom. The first-order valence-corrected chi connectivity index (χ1v) is 33.5. The molecule has 0 saturated carbocycles. The van der Waals surface area contributed by atoms with E-state index < -0.39 is 0 Å². The van der Waals surface area contributed by atoms with E-state index in [1.807, 2.05) is 0 Å². The average molecular weight is 1230 g/mol. The third-order valence-electron chi connectivity index (χ3n) is 21.3. The summed E-state index contributed by atoms with van der Waals surface area (Å²) in [5, 5.41) is 17.3. The summed E-state index contributed by atoms with van der Waals surface area (Å²) in [7, 11) is 0. The van der Waals surface area contributed by atoms with Crippen molar-refractivity contribution < 1.29 is 8.83 Å². The summed E-state index contributed by atoms with van der Waals surface area (Å²) in [5.41, 5.74) is 23.9. The van der Waals surface area contributed by atoms with Crippen molar-refractivity contribution in [1.82, 2.24) is 0 Å². The van der Waals surface area contributed by atoms with E-state index >= 15 is 0 Å². The lowest BCUT2D eigenvalue weighted by Crippen LogP contribution is -2.14. The van der Waals surface area contributed by atoms with Crippen molar-refractivity contribution in [2.24, 2.45) is 0 Å². The van der Waals surface area contributed by atoms with Crippen LogP contribution in [-0.2, 0) is 10.8 Å². The second-order valence-corrected chi connectivity index (χ2v) is 27.2. The summed E-state index contributed by atoms with van der Waals surface area (Å²) in [6.07, 6.45) is 0. The molecule has 0 amide bonds. The highest BCUT2D eigenvalue weighted by Gasteiger charge is 2.42. The normalized spacial score (nSPS) is 13.4. The Bertz CT molecular complexity index is 6150. The van der Waals surface area contributed by atoms with Crippen molar-refractivity contribution in [1.29, 1.82) is 0 Å². The summed E-state index contributed by atoms with van der Waals surface area (Å²) in [5.74, 6) is 2.02. The van der Waals surface area contributed by atoms with Gasteiger partial charge >= 0.3 is 0 Å². The quantitative estimate of drug-likeness (QED) is 0.155. The fourth-order valence-electron chi connectivity index (χ4n) is 16.9. The Hall–Kier alpha value is -11.8. The van der Waals surface area contributed by atoms with E-state index in [2.05, 4.69) is 343 Å². The van der Waals surface area contributed by atoms with Crippen molar-refractivity contribution in [2.45, 2.75) is 38.5 Å². The molecule has 2 aliphatic carbocycles. The molecule has 96 heavy (non-hydrogen) atoms. The van der Waals surface area contributed by atoms with Crippen molar-refractivity contribution in [3.63, 3.8) is 0 Å². The molecule has 2 aromatic heterocycles. The van der Waals surface area contributed by atoms with Crippen LogP contribution in [0.1, 0.15) is 49.9 Å². The highest BCUT2D eigenvalue weighted by atomic mass is 16.3. The van der Waals surface area contributed by atoms with Gasteiger partial charge in [-0.1, -0.05) is 331 Å². The van der Waals surface area contributed by atoms with Crippen LogP contribution in [0.15, 0.2) is 324 Å². The second kappa shape index (κ2) is 21.3. The van der Waals surface area contributed by atoms with Gasteiger partial charge in [0, 0.05) is 66.1 Å². The van der Waals surface area contributed by atoms with Gasteiger partial charge in [0.2, 0.25) is 0 Å². The second-order valence-electron chi connectivity index (χ2n) is 27.2. The Balaban J connectivity index is 0.000000135. The van der Waals surface area contributed by atoms with Crippen LogP contribution < -0.4 is 0 Å². The fourth-order valence-corrected chi connectivity index (χ4v) is 16.9. The van der Waals surface area contributed by atoms with Gasteiger partial charge < -0.3 is 8.83 Å². The average Bonchev–Trinajstić information content (AvgIpc) is 1.53. The van der Waals surface area contributed by atoms with Crippen LogP contribution in [0.3, 0.4) is 0 Å². The van der Waals surface area contributed by atoms with Gasteiger partial charge in [0.15, 0.2) is 0 Å². The standard InChI is InChI=1S/2C47H32O/c1-47(2)41-21-10-9-18-38(41)46-44(47)40-20-11-19-39(45(40)48-46)43-36-16-7-5-14-34(36)42(35-15-6-8-17-37(35)43)31-25-22-30(23-26-31)33-27-24-29-12-3-4-13-32(29)28-33;1-47(2)41-25-12-11-22-38(41)46-44(47)40-24-13-23-39(45(40)48-46)43-36-20-9-7-18-34(36)42(35-19-8-10-21-37(35)43)33-17-6-5-16-32(33)31-27-26-29-14-3-4-15-30(29)28-31/h2*3-28H,1-2H3. The summed E-state index contributed by atoms with van der Waals surface area (Å²) in [6.45, 7) is 9.30. The molecule has 20 rings (SSSR count). The molecule has 0 fully saturated rings. The minimum atomic E-state index is -0.143. The first kappa shape index (κ1) is 55.8. The smallest absolute Gasteiger partial charge is 0.143 e. The van der Waals surface area contributed by atoms with Gasteiger partial charge in [0.25, 0.3) is 0 Å². The van der Waals surface area contributed by atoms with Crippen LogP contribution in [0.2, 0.25) is 0 Å². The zero-order valence-corrected chi connectivity index (χ0v) is 53.8. The Labute approximate surface area is 557 Å². The van der Waals surface area contributed by atoms with Crippen LogP contribution in [-0.4, -0.2) is 0 Å². The molecule has 0 atom stereocenters. The van der Waals surface area contributed by atoms with Crippen molar-refractivity contribution in [3.8, 4) is 89.4 Å². The summed E-state index contributed by atoms with van der Waals surface area (Å²) >= 11 is 0. The van der Waals surface area contributed by atoms with Gasteiger partial charge in [-0.15, -0.1) is 0 Å². The Morgan fingerprint density at radius 3 is 0.958 bits per heavy atom. The first-order chi connectivity index (χ1) is 47.2. The number of hydrogen-bond donors (Lipinski definition) is 0. The lowest BCUT2D eigenvalue weighted by Gasteiger charge is -2.21. The third kappa shape index (κ3) is 8.31. The summed E-state index contributed by atoms with van der Waals surface area (Å²) < 4.78 is 13.9. The summed E-state index contributed by atoms with van der Waals surface area (Å²) in [6, 6.07) is 115. The minimum absolute atomic E-state index is 0.136. The molecule has 2 heteroatoms. The number of benzene rings is 16. The molecule has 0 N–H and O–H groups in total. The van der Waals surface area contributed by atoms with E-state index in [-0.39, 0.29) is 10.8 Å². The van der Waals surface area contributed by atoms with Crippen LogP contribution in [0.4, 0.5) is 0 Å². The molecule has 452 valence electrons. The van der Waals surface area contributed by atoms with Gasteiger partial charge in [0.1, 0.15) is 22.7 Å². The van der Waals surface area contributed by atoms with Crippen molar-refractivity contribution in [3.05, 3.63) is 338 Å². The molecule has 0 saturated heterocycles. The van der Waals surface area contributed by atoms with Gasteiger partial charge in [0.05, 0.1) is 0 Å². The molecule has 18 aromatic rings. The van der Waals surface area contributed by atoms with Crippen molar-refractivity contribution >= 4 is 86.6 Å². The van der Waals surface area contributed by atoms with Crippen LogP contribution in [0, 0.1) is 0 Å². The molecular formula is C94H64O2. The first-order valence-electron chi connectivity index (χ1n) is 33.5. The molecule has 16 aromatic carbocycles. The van der Waals surface area contributed by atoms with Gasteiger partial charge in [-0.2, -0.15) is 0 Å². The Kier molecular flexibility index (Phi) is 12.4. The van der Waals surface area contributed by atoms with Gasteiger partial charge in [-0.3, -0.25) is 0 Å². The fraction of sp³-hybridized carbons (Fsp3) is 0.0638. The zero-order valence-electron chi connectivity index (χ0n) is 53.8. The number of hydrogen-bond acceptors (Lipinski definition) is 2. The lowest BCUT2D eigenvalue weighted by atomic mass is 9.80. The van der Waals surface area contributed by atoms with Crippen LogP contribution in [0.5, 0.6) is 0 Å². The molecule has 0 unspecified atom stereocenters. The van der Waals surface area contributed by atoms with E-state index in [4.69, 9.17) is 8.83 Å². The van der Waals surface area contributed by atoms with Crippen LogP contribution in [0.25, 0.3) is 176 Å².